The Morgan fingerprint density at radius 2 is 1.86 bits per heavy atom. The number of thioether (sulfide) groups is 1. The van der Waals surface area contributed by atoms with Crippen LogP contribution in [0.4, 0.5) is 0 Å². The number of nitrogens with one attached hydrogen (secondary N) is 1. The zero-order valence-corrected chi connectivity index (χ0v) is 20.7. The lowest BCUT2D eigenvalue weighted by atomic mass is 10.1. The van der Waals surface area contributed by atoms with Crippen molar-refractivity contribution in [1.29, 1.82) is 0 Å². The maximum absolute atomic E-state index is 5.42. The van der Waals surface area contributed by atoms with Gasteiger partial charge in [-0.2, -0.15) is 11.8 Å². The third kappa shape index (κ3) is 7.87. The van der Waals surface area contributed by atoms with Crippen LogP contribution in [0.5, 0.6) is 11.5 Å². The van der Waals surface area contributed by atoms with Gasteiger partial charge in [-0.25, -0.2) is 0 Å². The number of hydrogen-bond donors (Lipinski definition) is 1. The number of aliphatic imine (C=N–C) groups is 1. The Bertz CT molecular complexity index is 596. The molecular weight excluding hydrogens is 487 g/mol. The minimum Gasteiger partial charge on any atom is -0.493 e. The van der Waals surface area contributed by atoms with E-state index in [1.54, 1.807) is 14.2 Å². The maximum atomic E-state index is 5.42. The topological polar surface area (TPSA) is 49.3 Å². The highest BCUT2D eigenvalue weighted by molar-refractivity contribution is 14.0. The van der Waals surface area contributed by atoms with Crippen LogP contribution in [0.25, 0.3) is 0 Å². The fourth-order valence-corrected chi connectivity index (χ4v) is 3.59. The first-order valence-electron chi connectivity index (χ1n) is 9.67. The third-order valence-electron chi connectivity index (χ3n) is 4.63. The van der Waals surface area contributed by atoms with Gasteiger partial charge >= 0.3 is 0 Å². The van der Waals surface area contributed by atoms with Gasteiger partial charge in [-0.15, -0.1) is 24.0 Å². The van der Waals surface area contributed by atoms with E-state index in [9.17, 15) is 0 Å². The molecule has 0 atom stereocenters. The molecule has 1 aliphatic heterocycles. The van der Waals surface area contributed by atoms with Gasteiger partial charge in [0, 0.05) is 45.8 Å². The molecule has 0 aromatic heterocycles. The molecule has 1 N–H and O–H groups in total. The van der Waals surface area contributed by atoms with Crippen molar-refractivity contribution in [1.82, 2.24) is 15.1 Å². The first-order chi connectivity index (χ1) is 13.2. The first-order valence-corrected chi connectivity index (χ1v) is 11.1. The average Bonchev–Trinajstić information content (AvgIpc) is 2.71. The van der Waals surface area contributed by atoms with Crippen molar-refractivity contribution < 1.29 is 9.47 Å². The van der Waals surface area contributed by atoms with E-state index in [2.05, 4.69) is 40.4 Å². The summed E-state index contributed by atoms with van der Waals surface area (Å²) in [4.78, 5) is 9.66. The van der Waals surface area contributed by atoms with Crippen LogP contribution in [0.15, 0.2) is 23.2 Å². The van der Waals surface area contributed by atoms with E-state index in [1.807, 2.05) is 17.8 Å². The molecule has 0 aliphatic carbocycles. The zero-order valence-electron chi connectivity index (χ0n) is 17.6. The molecule has 1 fully saturated rings. The van der Waals surface area contributed by atoms with Crippen LogP contribution in [0.3, 0.4) is 0 Å². The summed E-state index contributed by atoms with van der Waals surface area (Å²) < 4.78 is 10.7. The normalized spacial score (nSPS) is 15.1. The summed E-state index contributed by atoms with van der Waals surface area (Å²) in [5.74, 6) is 3.80. The summed E-state index contributed by atoms with van der Waals surface area (Å²) in [5, 5.41) is 3.44. The number of hydrogen-bond acceptors (Lipinski definition) is 5. The van der Waals surface area contributed by atoms with Gasteiger partial charge in [-0.1, -0.05) is 6.07 Å². The second-order valence-electron chi connectivity index (χ2n) is 6.53. The van der Waals surface area contributed by atoms with Gasteiger partial charge in [-0.05, 0) is 43.0 Å². The quantitative estimate of drug-likeness (QED) is 0.233. The summed E-state index contributed by atoms with van der Waals surface area (Å²) >= 11 is 1.88. The number of nitrogens with zero attached hydrogens (tertiary/aromatic N) is 3. The van der Waals surface area contributed by atoms with Crippen LogP contribution in [0.2, 0.25) is 0 Å². The van der Waals surface area contributed by atoms with Gasteiger partial charge in [0.1, 0.15) is 0 Å². The molecule has 1 aromatic carbocycles. The highest BCUT2D eigenvalue weighted by Crippen LogP contribution is 2.28. The van der Waals surface area contributed by atoms with Crippen molar-refractivity contribution in [2.45, 2.75) is 19.9 Å². The molecule has 1 saturated heterocycles. The second-order valence-corrected chi connectivity index (χ2v) is 7.52. The number of methoxy groups -OCH3 is 2. The number of piperazine rings is 1. The molecule has 0 saturated carbocycles. The van der Waals surface area contributed by atoms with Crippen molar-refractivity contribution in [3.05, 3.63) is 23.8 Å². The van der Waals surface area contributed by atoms with Crippen molar-refractivity contribution in [2.24, 2.45) is 4.99 Å². The van der Waals surface area contributed by atoms with Crippen LogP contribution >= 0.6 is 35.7 Å². The molecule has 0 unspecified atom stereocenters. The van der Waals surface area contributed by atoms with Crippen molar-refractivity contribution in [3.8, 4) is 11.5 Å². The molecule has 160 valence electrons. The Morgan fingerprint density at radius 1 is 1.14 bits per heavy atom. The van der Waals surface area contributed by atoms with Gasteiger partial charge in [0.15, 0.2) is 17.5 Å². The molecule has 6 nitrogen and oxygen atoms in total. The standard InChI is InChI=1S/C20H34N4O2S.HI/c1-5-21-20(22-9-6-14-27-4)24-12-10-23(11-13-24)16-17-7-8-18(25-2)19(15-17)26-3;/h7-8,15H,5-6,9-14,16H2,1-4H3,(H,21,22);1H. The van der Waals surface area contributed by atoms with E-state index in [-0.39, 0.29) is 24.0 Å². The van der Waals surface area contributed by atoms with E-state index in [1.165, 1.54) is 11.3 Å². The Balaban J connectivity index is 0.00000392. The van der Waals surface area contributed by atoms with Gasteiger partial charge in [0.25, 0.3) is 0 Å². The van der Waals surface area contributed by atoms with Gasteiger partial charge in [-0.3, -0.25) is 9.89 Å². The lowest BCUT2D eigenvalue weighted by Crippen LogP contribution is -2.52. The zero-order chi connectivity index (χ0) is 19.5. The molecule has 8 heteroatoms. The molecular formula is C20H35IN4O2S. The Hall–Kier alpha value is -0.870. The van der Waals surface area contributed by atoms with Crippen LogP contribution in [0.1, 0.15) is 18.9 Å². The molecule has 1 aliphatic rings. The highest BCUT2D eigenvalue weighted by Gasteiger charge is 2.20. The Labute approximate surface area is 191 Å². The van der Waals surface area contributed by atoms with E-state index >= 15 is 0 Å². The number of halogens is 1. The molecule has 0 bridgehead atoms. The summed E-state index contributed by atoms with van der Waals surface area (Å²) in [6, 6.07) is 6.17. The molecule has 2 rings (SSSR count). The summed E-state index contributed by atoms with van der Waals surface area (Å²) in [7, 11) is 3.35. The van der Waals surface area contributed by atoms with E-state index in [0.717, 1.165) is 69.7 Å². The number of benzene rings is 1. The lowest BCUT2D eigenvalue weighted by Gasteiger charge is -2.36. The lowest BCUT2D eigenvalue weighted by molar-refractivity contribution is 0.172. The molecule has 1 aromatic rings. The highest BCUT2D eigenvalue weighted by atomic mass is 127. The van der Waals surface area contributed by atoms with Crippen LogP contribution in [0, 0.1) is 0 Å². The Morgan fingerprint density at radius 3 is 2.46 bits per heavy atom. The summed E-state index contributed by atoms with van der Waals surface area (Å²) in [5.41, 5.74) is 1.25. The number of ether oxygens (including phenoxy) is 2. The van der Waals surface area contributed by atoms with Crippen molar-refractivity contribution >= 4 is 41.7 Å². The van der Waals surface area contributed by atoms with Crippen LogP contribution in [-0.4, -0.2) is 81.3 Å². The smallest absolute Gasteiger partial charge is 0.194 e. The van der Waals surface area contributed by atoms with Gasteiger partial charge in [0.2, 0.25) is 0 Å². The fourth-order valence-electron chi connectivity index (χ4n) is 3.17. The van der Waals surface area contributed by atoms with E-state index in [0.29, 0.717) is 0 Å². The Kier molecular flexibility index (Phi) is 12.7. The monoisotopic (exact) mass is 522 g/mol. The van der Waals surface area contributed by atoms with Crippen molar-refractivity contribution in [2.75, 3.05) is 65.5 Å². The summed E-state index contributed by atoms with van der Waals surface area (Å²) in [6.07, 6.45) is 3.28. The minimum atomic E-state index is 0. The van der Waals surface area contributed by atoms with Gasteiger partial charge < -0.3 is 19.7 Å². The number of rotatable bonds is 9. The van der Waals surface area contributed by atoms with E-state index in [4.69, 9.17) is 14.5 Å². The van der Waals surface area contributed by atoms with Crippen LogP contribution in [-0.2, 0) is 6.54 Å². The van der Waals surface area contributed by atoms with E-state index < -0.39 is 0 Å². The SMILES string of the molecule is CCNC(=NCCCSC)N1CCN(Cc2ccc(OC)c(OC)c2)CC1.I. The molecule has 0 amide bonds. The molecule has 1 heterocycles. The predicted molar refractivity (Wildman–Crippen MR) is 131 cm³/mol. The first kappa shape index (κ1) is 25.2. The molecule has 28 heavy (non-hydrogen) atoms. The summed E-state index contributed by atoms with van der Waals surface area (Å²) in [6.45, 7) is 8.93. The van der Waals surface area contributed by atoms with Gasteiger partial charge in [0.05, 0.1) is 14.2 Å². The molecule has 0 spiro atoms. The molecule has 0 radical (unpaired) electrons. The number of guanidine groups is 1. The second kappa shape index (κ2) is 14.2. The fraction of sp³-hybridized carbons (Fsp3) is 0.650. The van der Waals surface area contributed by atoms with Crippen LogP contribution < -0.4 is 14.8 Å². The minimum absolute atomic E-state index is 0. The predicted octanol–water partition coefficient (Wildman–Crippen LogP) is 3.16. The largest absolute Gasteiger partial charge is 0.493 e. The maximum Gasteiger partial charge on any atom is 0.194 e. The van der Waals surface area contributed by atoms with Crippen molar-refractivity contribution in [3.63, 3.8) is 0 Å². The third-order valence-corrected chi connectivity index (χ3v) is 5.33. The average molecular weight is 522 g/mol.